The van der Waals surface area contributed by atoms with Gasteiger partial charge < -0.3 is 4.74 Å². The van der Waals surface area contributed by atoms with Crippen molar-refractivity contribution in [2.45, 2.75) is 0 Å². The molecule has 3 aromatic rings. The van der Waals surface area contributed by atoms with E-state index < -0.39 is 23.5 Å². The Kier molecular flexibility index (Phi) is 5.75. The van der Waals surface area contributed by atoms with Crippen LogP contribution in [-0.2, 0) is 0 Å². The predicted octanol–water partition coefficient (Wildman–Crippen LogP) is 6.29. The van der Waals surface area contributed by atoms with Crippen LogP contribution in [0.4, 0.5) is 22.0 Å². The summed E-state index contributed by atoms with van der Waals surface area (Å²) in [5, 5.41) is 0. The van der Waals surface area contributed by atoms with Crippen molar-refractivity contribution in [3.8, 4) is 28.7 Å². The Morgan fingerprint density at radius 1 is 0.714 bits per heavy atom. The highest BCUT2D eigenvalue weighted by molar-refractivity contribution is 5.65. The molecule has 0 saturated heterocycles. The topological polar surface area (TPSA) is 9.23 Å². The van der Waals surface area contributed by atoms with Gasteiger partial charge in [0.2, 0.25) is 0 Å². The fourth-order valence-corrected chi connectivity index (χ4v) is 2.36. The van der Waals surface area contributed by atoms with Crippen LogP contribution in [0.5, 0.6) is 5.75 Å². The summed E-state index contributed by atoms with van der Waals surface area (Å²) in [6, 6.07) is 13.4. The van der Waals surface area contributed by atoms with Gasteiger partial charge in [-0.3, -0.25) is 0 Å². The van der Waals surface area contributed by atoms with E-state index in [-0.39, 0.29) is 16.9 Å². The molecule has 0 aliphatic carbocycles. The van der Waals surface area contributed by atoms with Crippen molar-refractivity contribution in [2.24, 2.45) is 0 Å². The average molecular weight is 386 g/mol. The molecule has 0 atom stereocenters. The van der Waals surface area contributed by atoms with Gasteiger partial charge in [0.1, 0.15) is 11.6 Å². The molecule has 0 saturated carbocycles. The molecule has 0 heterocycles. The summed E-state index contributed by atoms with van der Waals surface area (Å²) in [5.41, 5.74) is 1.29. The molecule has 0 radical (unpaired) electrons. The maximum absolute atomic E-state index is 14.3. The standard InChI is InChI=1S/C22H11F5O/c23-19-10-6-16(12-21(19)25)18-9-5-15(11-20(18)24)2-1-14-3-7-17(8-4-14)28-13-22(26)27/h3-13H. The summed E-state index contributed by atoms with van der Waals surface area (Å²) in [5.74, 6) is 3.12. The minimum absolute atomic E-state index is 0.124. The van der Waals surface area contributed by atoms with E-state index in [9.17, 15) is 22.0 Å². The van der Waals surface area contributed by atoms with Crippen LogP contribution >= 0.6 is 0 Å². The minimum atomic E-state index is -1.95. The lowest BCUT2D eigenvalue weighted by Gasteiger charge is -2.05. The molecule has 0 aliphatic heterocycles. The van der Waals surface area contributed by atoms with Gasteiger partial charge in [-0.15, -0.1) is 0 Å². The van der Waals surface area contributed by atoms with Gasteiger partial charge in [-0.05, 0) is 54.1 Å². The molecule has 0 unspecified atom stereocenters. The Morgan fingerprint density at radius 2 is 1.39 bits per heavy atom. The Hall–Kier alpha value is -3.59. The van der Waals surface area contributed by atoms with Crippen molar-refractivity contribution >= 4 is 0 Å². The van der Waals surface area contributed by atoms with Crippen molar-refractivity contribution in [3.63, 3.8) is 0 Å². The van der Waals surface area contributed by atoms with Crippen molar-refractivity contribution < 1.29 is 26.7 Å². The molecule has 0 N–H and O–H groups in total. The van der Waals surface area contributed by atoms with E-state index in [4.69, 9.17) is 4.74 Å². The third-order valence-electron chi connectivity index (χ3n) is 3.69. The van der Waals surface area contributed by atoms with Gasteiger partial charge in [-0.2, -0.15) is 8.78 Å². The van der Waals surface area contributed by atoms with Gasteiger partial charge in [0, 0.05) is 16.7 Å². The monoisotopic (exact) mass is 386 g/mol. The largest absolute Gasteiger partial charge is 0.459 e. The second kappa shape index (κ2) is 8.40. The van der Waals surface area contributed by atoms with E-state index >= 15 is 0 Å². The van der Waals surface area contributed by atoms with Gasteiger partial charge in [0.15, 0.2) is 17.9 Å². The molecular weight excluding hydrogens is 375 g/mol. The lowest BCUT2D eigenvalue weighted by Crippen LogP contribution is -1.89. The van der Waals surface area contributed by atoms with Gasteiger partial charge in [0.05, 0.1) is 0 Å². The summed E-state index contributed by atoms with van der Waals surface area (Å²) in [7, 11) is 0. The minimum Gasteiger partial charge on any atom is -0.459 e. The van der Waals surface area contributed by atoms with Gasteiger partial charge >= 0.3 is 6.08 Å². The molecule has 0 bridgehead atoms. The van der Waals surface area contributed by atoms with Crippen LogP contribution in [0.25, 0.3) is 11.1 Å². The van der Waals surface area contributed by atoms with Crippen LogP contribution in [0.15, 0.2) is 73.0 Å². The lowest BCUT2D eigenvalue weighted by atomic mass is 10.0. The normalized spacial score (nSPS) is 10.0. The van der Waals surface area contributed by atoms with E-state index in [1.54, 1.807) is 18.2 Å². The third kappa shape index (κ3) is 4.77. The van der Waals surface area contributed by atoms with Gasteiger partial charge in [-0.25, -0.2) is 13.2 Å². The van der Waals surface area contributed by atoms with E-state index in [1.165, 1.54) is 30.3 Å². The summed E-state index contributed by atoms with van der Waals surface area (Å²) in [4.78, 5) is 0. The number of halogens is 5. The highest BCUT2D eigenvalue weighted by Gasteiger charge is 2.09. The first-order chi connectivity index (χ1) is 13.4. The van der Waals surface area contributed by atoms with E-state index in [1.807, 2.05) is 0 Å². The molecule has 140 valence electrons. The summed E-state index contributed by atoms with van der Waals surface area (Å²) < 4.78 is 69.3. The molecule has 0 amide bonds. The predicted molar refractivity (Wildman–Crippen MR) is 95.1 cm³/mol. The third-order valence-corrected chi connectivity index (χ3v) is 3.69. The SMILES string of the molecule is FC(F)=COc1ccc(C#Cc2ccc(-c3ccc(F)c(F)c3)c(F)c2)cc1. The fraction of sp³-hybridized carbons (Fsp3) is 0. The maximum atomic E-state index is 14.3. The molecule has 0 fully saturated rings. The molecule has 0 aromatic heterocycles. The van der Waals surface area contributed by atoms with Crippen LogP contribution in [0, 0.1) is 29.3 Å². The molecule has 3 aromatic carbocycles. The zero-order chi connectivity index (χ0) is 20.1. The molecule has 0 spiro atoms. The first-order valence-corrected chi connectivity index (χ1v) is 7.97. The van der Waals surface area contributed by atoms with Crippen LogP contribution in [0.1, 0.15) is 11.1 Å². The van der Waals surface area contributed by atoms with Crippen molar-refractivity contribution in [2.75, 3.05) is 0 Å². The van der Waals surface area contributed by atoms with Crippen LogP contribution in [-0.4, -0.2) is 0 Å². The maximum Gasteiger partial charge on any atom is 0.305 e. The number of rotatable bonds is 3. The summed E-state index contributed by atoms with van der Waals surface area (Å²) in [6.45, 7) is 0. The second-order valence-corrected chi connectivity index (χ2v) is 5.62. The van der Waals surface area contributed by atoms with Crippen molar-refractivity contribution in [1.82, 2.24) is 0 Å². The highest BCUT2D eigenvalue weighted by atomic mass is 19.3. The molecule has 28 heavy (non-hydrogen) atoms. The smallest absolute Gasteiger partial charge is 0.305 e. The van der Waals surface area contributed by atoms with Crippen LogP contribution < -0.4 is 4.74 Å². The lowest BCUT2D eigenvalue weighted by molar-refractivity contribution is 0.365. The van der Waals surface area contributed by atoms with Crippen molar-refractivity contribution in [1.29, 1.82) is 0 Å². The second-order valence-electron chi connectivity index (χ2n) is 5.62. The number of hydrogen-bond donors (Lipinski definition) is 0. The molecular formula is C22H11F5O. The van der Waals surface area contributed by atoms with Crippen LogP contribution in [0.3, 0.4) is 0 Å². The molecule has 3 rings (SSSR count). The molecule has 6 heteroatoms. The van der Waals surface area contributed by atoms with E-state index in [2.05, 4.69) is 11.8 Å². The Labute approximate surface area is 157 Å². The summed E-state index contributed by atoms with van der Waals surface area (Å²) >= 11 is 0. The average Bonchev–Trinajstić information content (AvgIpc) is 2.68. The summed E-state index contributed by atoms with van der Waals surface area (Å²) in [6.07, 6.45) is -1.62. The Balaban J connectivity index is 1.78. The Bertz CT molecular complexity index is 1090. The van der Waals surface area contributed by atoms with E-state index in [0.717, 1.165) is 12.1 Å². The van der Waals surface area contributed by atoms with Gasteiger partial charge in [0.25, 0.3) is 0 Å². The van der Waals surface area contributed by atoms with Crippen LogP contribution in [0.2, 0.25) is 0 Å². The first-order valence-electron chi connectivity index (χ1n) is 7.97. The van der Waals surface area contributed by atoms with Crippen molar-refractivity contribution in [3.05, 3.63) is 102 Å². The molecule has 0 aliphatic rings. The first kappa shape index (κ1) is 19.2. The van der Waals surface area contributed by atoms with E-state index in [0.29, 0.717) is 17.4 Å². The molecule has 1 nitrogen and oxygen atoms in total. The fourth-order valence-electron chi connectivity index (χ4n) is 2.36. The zero-order valence-electron chi connectivity index (χ0n) is 14.1. The Morgan fingerprint density at radius 3 is 2.04 bits per heavy atom. The number of ether oxygens (including phenoxy) is 1. The zero-order valence-corrected chi connectivity index (χ0v) is 14.1. The number of hydrogen-bond acceptors (Lipinski definition) is 1. The quantitative estimate of drug-likeness (QED) is 0.292. The highest BCUT2D eigenvalue weighted by Crippen LogP contribution is 2.25. The number of benzene rings is 3. The van der Waals surface area contributed by atoms with Gasteiger partial charge in [-0.1, -0.05) is 24.0 Å².